The number of likely N-dealkylation sites (tertiary alicyclic amines) is 1. The van der Waals surface area contributed by atoms with Gasteiger partial charge in [0.2, 0.25) is 11.8 Å². The standard InChI is InChI=1S/C24H25N7O4/c1-34-19-12-30(23(33)24(13-25)5-6-24)11-17(19)29-21-16(22(26)32)9-28-31-10-15(7-18(21)31)14-3-4-20(35-2)27-8-14/h3-4,7-10,17,19,29H,5-6,11-12H2,1-2H3,(H2,26,32)/t17-,19+/m1/s1. The van der Waals surface area contributed by atoms with Gasteiger partial charge in [-0.1, -0.05) is 0 Å². The number of aromatic nitrogens is 3. The van der Waals surface area contributed by atoms with Crippen LogP contribution in [0, 0.1) is 16.7 Å². The van der Waals surface area contributed by atoms with Crippen molar-refractivity contribution in [2.24, 2.45) is 11.1 Å². The average Bonchev–Trinajstić information content (AvgIpc) is 3.38. The number of pyridine rings is 1. The number of methoxy groups -OCH3 is 2. The van der Waals surface area contributed by atoms with Crippen molar-refractivity contribution in [1.82, 2.24) is 19.5 Å². The second-order valence-electron chi connectivity index (χ2n) is 8.87. The van der Waals surface area contributed by atoms with Gasteiger partial charge in [-0.15, -0.1) is 0 Å². The zero-order valence-corrected chi connectivity index (χ0v) is 19.4. The highest BCUT2D eigenvalue weighted by molar-refractivity contribution is 6.02. The molecule has 2 fully saturated rings. The van der Waals surface area contributed by atoms with Crippen LogP contribution in [0.25, 0.3) is 16.6 Å². The number of amides is 2. The van der Waals surface area contributed by atoms with Crippen molar-refractivity contribution in [2.45, 2.75) is 25.0 Å². The molecule has 3 N–H and O–H groups in total. The topological polar surface area (TPSA) is 148 Å². The van der Waals surface area contributed by atoms with Gasteiger partial charge < -0.3 is 25.4 Å². The number of nitrogens with zero attached hydrogens (tertiary/aromatic N) is 5. The lowest BCUT2D eigenvalue weighted by atomic mass is 10.1. The van der Waals surface area contributed by atoms with E-state index < -0.39 is 11.3 Å². The maximum Gasteiger partial charge on any atom is 0.252 e. The van der Waals surface area contributed by atoms with Gasteiger partial charge in [0.25, 0.3) is 5.91 Å². The molecule has 0 aromatic carbocycles. The Morgan fingerprint density at radius 3 is 2.63 bits per heavy atom. The normalized spacial score (nSPS) is 20.4. The van der Waals surface area contributed by atoms with Crippen molar-refractivity contribution < 1.29 is 19.1 Å². The molecule has 3 aromatic rings. The third-order valence-corrected chi connectivity index (χ3v) is 6.74. The molecule has 2 amide bonds. The number of nitrogens with two attached hydrogens (primary N) is 1. The highest BCUT2D eigenvalue weighted by atomic mass is 16.5. The number of rotatable bonds is 7. The third kappa shape index (κ3) is 3.91. The Bertz CT molecular complexity index is 1340. The number of nitrogens with one attached hydrogen (secondary N) is 1. The van der Waals surface area contributed by atoms with E-state index in [1.54, 1.807) is 35.9 Å². The summed E-state index contributed by atoms with van der Waals surface area (Å²) in [6.07, 6.45) is 5.78. The third-order valence-electron chi connectivity index (χ3n) is 6.74. The van der Waals surface area contributed by atoms with E-state index in [2.05, 4.69) is 21.5 Å². The van der Waals surface area contributed by atoms with Crippen molar-refractivity contribution in [3.63, 3.8) is 0 Å². The molecule has 11 nitrogen and oxygen atoms in total. The smallest absolute Gasteiger partial charge is 0.252 e. The molecule has 35 heavy (non-hydrogen) atoms. The summed E-state index contributed by atoms with van der Waals surface area (Å²) >= 11 is 0. The number of fused-ring (bicyclic) bond motifs is 1. The minimum Gasteiger partial charge on any atom is -0.481 e. The number of hydrogen-bond donors (Lipinski definition) is 2. The molecular formula is C24H25N7O4. The number of nitriles is 1. The Morgan fingerprint density at radius 2 is 2.03 bits per heavy atom. The predicted molar refractivity (Wildman–Crippen MR) is 126 cm³/mol. The van der Waals surface area contributed by atoms with Gasteiger partial charge in [0, 0.05) is 49.8 Å². The molecule has 1 saturated heterocycles. The average molecular weight is 476 g/mol. The van der Waals surface area contributed by atoms with Gasteiger partial charge in [-0.3, -0.25) is 9.59 Å². The summed E-state index contributed by atoms with van der Waals surface area (Å²) in [7, 11) is 3.13. The van der Waals surface area contributed by atoms with Crippen LogP contribution in [0.1, 0.15) is 23.2 Å². The second kappa shape index (κ2) is 8.56. The molecule has 0 spiro atoms. The van der Waals surface area contributed by atoms with Gasteiger partial charge in [-0.25, -0.2) is 9.50 Å². The number of carbonyl (C=O) groups excluding carboxylic acids is 2. The molecule has 0 bridgehead atoms. The summed E-state index contributed by atoms with van der Waals surface area (Å²) in [6.45, 7) is 0.691. The van der Waals surface area contributed by atoms with Gasteiger partial charge >= 0.3 is 0 Å². The summed E-state index contributed by atoms with van der Waals surface area (Å²) in [5.74, 6) is -0.291. The summed E-state index contributed by atoms with van der Waals surface area (Å²) in [5.41, 5.74) is 7.83. The van der Waals surface area contributed by atoms with Crippen molar-refractivity contribution in [2.75, 3.05) is 32.6 Å². The quantitative estimate of drug-likeness (QED) is 0.522. The molecule has 0 radical (unpaired) electrons. The van der Waals surface area contributed by atoms with Crippen LogP contribution in [0.15, 0.2) is 36.8 Å². The first kappa shape index (κ1) is 22.6. The fraction of sp³-hybridized carbons (Fsp3) is 0.375. The molecule has 1 aliphatic carbocycles. The van der Waals surface area contributed by atoms with Gasteiger partial charge in [0.15, 0.2) is 0 Å². The van der Waals surface area contributed by atoms with E-state index in [1.807, 2.05) is 18.3 Å². The molecule has 2 atom stereocenters. The Morgan fingerprint density at radius 1 is 1.23 bits per heavy atom. The lowest BCUT2D eigenvalue weighted by Gasteiger charge is -2.21. The predicted octanol–water partition coefficient (Wildman–Crippen LogP) is 1.45. The number of anilines is 1. The second-order valence-corrected chi connectivity index (χ2v) is 8.87. The Hall–Kier alpha value is -4.17. The van der Waals surface area contributed by atoms with Crippen LogP contribution < -0.4 is 15.8 Å². The lowest BCUT2D eigenvalue weighted by Crippen LogP contribution is -2.37. The van der Waals surface area contributed by atoms with Crippen LogP contribution in [0.2, 0.25) is 0 Å². The summed E-state index contributed by atoms with van der Waals surface area (Å²) in [5, 5.41) is 17.2. The van der Waals surface area contributed by atoms with E-state index in [-0.39, 0.29) is 23.6 Å². The van der Waals surface area contributed by atoms with E-state index in [9.17, 15) is 14.9 Å². The monoisotopic (exact) mass is 475 g/mol. The van der Waals surface area contributed by atoms with Crippen LogP contribution in [0.4, 0.5) is 5.69 Å². The highest BCUT2D eigenvalue weighted by Crippen LogP contribution is 2.47. The molecule has 2 aliphatic rings. The molecule has 5 rings (SSSR count). The van der Waals surface area contributed by atoms with E-state index in [4.69, 9.17) is 15.2 Å². The number of hydrogen-bond acceptors (Lipinski definition) is 8. The first-order chi connectivity index (χ1) is 16.9. The van der Waals surface area contributed by atoms with E-state index in [0.29, 0.717) is 43.0 Å². The molecule has 11 heteroatoms. The van der Waals surface area contributed by atoms with Crippen LogP contribution in [-0.4, -0.2) is 70.8 Å². The maximum atomic E-state index is 12.9. The summed E-state index contributed by atoms with van der Waals surface area (Å²) < 4.78 is 12.4. The highest BCUT2D eigenvalue weighted by Gasteiger charge is 2.54. The number of primary amides is 1. The molecule has 4 heterocycles. The Balaban J connectivity index is 1.49. The lowest BCUT2D eigenvalue weighted by molar-refractivity contribution is -0.134. The summed E-state index contributed by atoms with van der Waals surface area (Å²) in [6, 6.07) is 7.38. The Labute approximate surface area is 201 Å². The minimum atomic E-state index is -0.904. The molecule has 3 aromatic heterocycles. The minimum absolute atomic E-state index is 0.168. The van der Waals surface area contributed by atoms with Gasteiger partial charge in [0.05, 0.1) is 48.3 Å². The molecule has 1 saturated carbocycles. The fourth-order valence-electron chi connectivity index (χ4n) is 4.53. The van der Waals surface area contributed by atoms with Crippen molar-refractivity contribution in [3.8, 4) is 23.1 Å². The fourth-order valence-corrected chi connectivity index (χ4v) is 4.53. The zero-order chi connectivity index (χ0) is 24.7. The first-order valence-electron chi connectivity index (χ1n) is 11.2. The maximum absolute atomic E-state index is 12.9. The van der Waals surface area contributed by atoms with Crippen LogP contribution in [0.3, 0.4) is 0 Å². The van der Waals surface area contributed by atoms with Gasteiger partial charge in [-0.05, 0) is 25.0 Å². The molecular weight excluding hydrogens is 450 g/mol. The Kier molecular flexibility index (Phi) is 5.53. The van der Waals surface area contributed by atoms with Crippen molar-refractivity contribution >= 4 is 23.0 Å². The van der Waals surface area contributed by atoms with Gasteiger partial charge in [-0.2, -0.15) is 10.4 Å². The molecule has 1 aliphatic heterocycles. The van der Waals surface area contributed by atoms with Crippen molar-refractivity contribution in [3.05, 3.63) is 42.4 Å². The number of carbonyl (C=O) groups is 2. The zero-order valence-electron chi connectivity index (χ0n) is 19.4. The van der Waals surface area contributed by atoms with Gasteiger partial charge in [0.1, 0.15) is 5.41 Å². The molecule has 180 valence electrons. The van der Waals surface area contributed by atoms with E-state index in [1.165, 1.54) is 6.20 Å². The summed E-state index contributed by atoms with van der Waals surface area (Å²) in [4.78, 5) is 31.1. The van der Waals surface area contributed by atoms with E-state index in [0.717, 1.165) is 11.1 Å². The first-order valence-corrected chi connectivity index (χ1v) is 11.2. The van der Waals surface area contributed by atoms with Crippen LogP contribution in [0.5, 0.6) is 5.88 Å². The van der Waals surface area contributed by atoms with Crippen LogP contribution >= 0.6 is 0 Å². The SMILES string of the molecule is COc1ccc(-c2cc3c(N[C@@H]4CN(C(=O)C5(C#N)CC5)C[C@@H]4OC)c(C(N)=O)cnn3c2)cn1. The van der Waals surface area contributed by atoms with E-state index >= 15 is 0 Å². The van der Waals surface area contributed by atoms with Crippen LogP contribution in [-0.2, 0) is 9.53 Å². The number of ether oxygens (including phenoxy) is 2. The molecule has 0 unspecified atom stereocenters. The van der Waals surface area contributed by atoms with Crippen molar-refractivity contribution in [1.29, 1.82) is 5.26 Å². The largest absolute Gasteiger partial charge is 0.481 e.